The van der Waals surface area contributed by atoms with Crippen molar-refractivity contribution in [1.82, 2.24) is 9.80 Å². The van der Waals surface area contributed by atoms with Crippen molar-refractivity contribution in [2.24, 2.45) is 0 Å². The number of morpholine rings is 2. The van der Waals surface area contributed by atoms with Crippen molar-refractivity contribution in [2.45, 2.75) is 18.9 Å². The Labute approximate surface area is 229 Å². The molecular formula is C28H36ClN3O6. The summed E-state index contributed by atoms with van der Waals surface area (Å²) in [7, 11) is 3.90. The SMILES string of the molecule is Cc1cc(OC[C@]2(CC(=O)N3CCOCC3)CN(C(=O)COc3cccc(N(C)C)c3)CCO2)ccc1Cl. The molecule has 0 aromatic heterocycles. The summed E-state index contributed by atoms with van der Waals surface area (Å²) in [5, 5.41) is 0.649. The van der Waals surface area contributed by atoms with Crippen LogP contribution in [0, 0.1) is 6.92 Å². The van der Waals surface area contributed by atoms with Crippen LogP contribution in [-0.4, -0.2) is 101 Å². The highest BCUT2D eigenvalue weighted by Crippen LogP contribution is 2.28. The van der Waals surface area contributed by atoms with E-state index < -0.39 is 5.60 Å². The molecule has 2 aliphatic rings. The fraction of sp³-hybridized carbons (Fsp3) is 0.500. The second-order valence-electron chi connectivity index (χ2n) is 9.90. The van der Waals surface area contributed by atoms with Crippen LogP contribution in [0.5, 0.6) is 11.5 Å². The van der Waals surface area contributed by atoms with Gasteiger partial charge in [0.1, 0.15) is 23.7 Å². The molecule has 4 rings (SSSR count). The molecule has 0 N–H and O–H groups in total. The average molecular weight is 546 g/mol. The Bertz CT molecular complexity index is 1120. The molecule has 2 fully saturated rings. The van der Waals surface area contributed by atoms with E-state index in [0.717, 1.165) is 11.3 Å². The van der Waals surface area contributed by atoms with Gasteiger partial charge in [-0.2, -0.15) is 0 Å². The van der Waals surface area contributed by atoms with Crippen LogP contribution in [0.1, 0.15) is 12.0 Å². The second-order valence-corrected chi connectivity index (χ2v) is 10.3. The molecule has 2 saturated heterocycles. The van der Waals surface area contributed by atoms with E-state index in [1.165, 1.54) is 0 Å². The van der Waals surface area contributed by atoms with Gasteiger partial charge in [0.2, 0.25) is 5.91 Å². The van der Waals surface area contributed by atoms with Crippen molar-refractivity contribution in [3.63, 3.8) is 0 Å². The maximum Gasteiger partial charge on any atom is 0.260 e. The molecule has 1 atom stereocenters. The normalized spacial score (nSPS) is 19.7. The van der Waals surface area contributed by atoms with Gasteiger partial charge in [-0.05, 0) is 42.8 Å². The summed E-state index contributed by atoms with van der Waals surface area (Å²) in [5.41, 5.74) is 0.873. The van der Waals surface area contributed by atoms with E-state index in [1.54, 1.807) is 21.9 Å². The number of amides is 2. The Kier molecular flexibility index (Phi) is 9.35. The lowest BCUT2D eigenvalue weighted by Gasteiger charge is -2.43. The Morgan fingerprint density at radius 3 is 2.45 bits per heavy atom. The molecule has 0 saturated carbocycles. The Morgan fingerprint density at radius 1 is 0.974 bits per heavy atom. The van der Waals surface area contributed by atoms with Crippen molar-refractivity contribution in [1.29, 1.82) is 0 Å². The van der Waals surface area contributed by atoms with Crippen LogP contribution in [0.15, 0.2) is 42.5 Å². The minimum Gasteiger partial charge on any atom is -0.490 e. The van der Waals surface area contributed by atoms with Crippen molar-refractivity contribution in [3.05, 3.63) is 53.1 Å². The first-order chi connectivity index (χ1) is 18.2. The number of carbonyl (C=O) groups excluding carboxylic acids is 2. The quantitative estimate of drug-likeness (QED) is 0.479. The van der Waals surface area contributed by atoms with Gasteiger partial charge in [-0.3, -0.25) is 9.59 Å². The number of halogens is 1. The van der Waals surface area contributed by atoms with Crippen LogP contribution in [0.25, 0.3) is 0 Å². The maximum absolute atomic E-state index is 13.2. The van der Waals surface area contributed by atoms with E-state index in [4.69, 9.17) is 30.5 Å². The molecule has 2 amide bonds. The fourth-order valence-electron chi connectivity index (χ4n) is 4.51. The van der Waals surface area contributed by atoms with Gasteiger partial charge in [-0.15, -0.1) is 0 Å². The molecule has 206 valence electrons. The number of rotatable bonds is 9. The van der Waals surface area contributed by atoms with Crippen LogP contribution < -0.4 is 14.4 Å². The number of carbonyl (C=O) groups is 2. The summed E-state index contributed by atoms with van der Waals surface area (Å²) >= 11 is 6.16. The molecule has 2 heterocycles. The third-order valence-corrected chi connectivity index (χ3v) is 7.19. The van der Waals surface area contributed by atoms with Gasteiger partial charge in [0.05, 0.1) is 32.8 Å². The maximum atomic E-state index is 13.2. The fourth-order valence-corrected chi connectivity index (χ4v) is 4.63. The number of hydrogen-bond acceptors (Lipinski definition) is 7. The van der Waals surface area contributed by atoms with Crippen LogP contribution in [-0.2, 0) is 19.1 Å². The number of benzene rings is 2. The van der Waals surface area contributed by atoms with E-state index in [1.807, 2.05) is 56.3 Å². The highest BCUT2D eigenvalue weighted by Gasteiger charge is 2.42. The van der Waals surface area contributed by atoms with Gasteiger partial charge in [-0.25, -0.2) is 0 Å². The third kappa shape index (κ3) is 7.30. The lowest BCUT2D eigenvalue weighted by atomic mass is 9.96. The summed E-state index contributed by atoms with van der Waals surface area (Å²) in [6.45, 7) is 4.92. The topological polar surface area (TPSA) is 80.8 Å². The predicted octanol–water partition coefficient (Wildman–Crippen LogP) is 3.02. The molecule has 10 heteroatoms. The molecule has 0 spiro atoms. The molecule has 9 nitrogen and oxygen atoms in total. The van der Waals surface area contributed by atoms with Crippen LogP contribution in [0.3, 0.4) is 0 Å². The highest BCUT2D eigenvalue weighted by atomic mass is 35.5. The summed E-state index contributed by atoms with van der Waals surface area (Å²) in [6.07, 6.45) is 0.0924. The molecule has 2 aliphatic heterocycles. The lowest BCUT2D eigenvalue weighted by molar-refractivity contribution is -0.168. The van der Waals surface area contributed by atoms with Gasteiger partial charge in [0, 0.05) is 50.5 Å². The molecule has 2 aromatic rings. The standard InChI is InChI=1S/C28H36ClN3O6/c1-21-15-24(7-8-25(21)29)37-20-28(17-26(33)31-9-12-35-13-10-31)19-32(11-14-38-28)27(34)18-36-23-6-4-5-22(16-23)30(2)3/h4-8,15-16H,9-14,17-20H2,1-3H3/t28-/m0/s1. The van der Waals surface area contributed by atoms with Crippen LogP contribution in [0.2, 0.25) is 5.02 Å². The van der Waals surface area contributed by atoms with Crippen molar-refractivity contribution in [3.8, 4) is 11.5 Å². The van der Waals surface area contributed by atoms with Crippen LogP contribution >= 0.6 is 11.6 Å². The number of ether oxygens (including phenoxy) is 4. The zero-order chi connectivity index (χ0) is 27.1. The Morgan fingerprint density at radius 2 is 1.71 bits per heavy atom. The molecular weight excluding hydrogens is 510 g/mol. The molecule has 2 aromatic carbocycles. The predicted molar refractivity (Wildman–Crippen MR) is 145 cm³/mol. The first-order valence-electron chi connectivity index (χ1n) is 12.8. The van der Waals surface area contributed by atoms with Crippen molar-refractivity contribution in [2.75, 3.05) is 78.2 Å². The first-order valence-corrected chi connectivity index (χ1v) is 13.2. The summed E-state index contributed by atoms with van der Waals surface area (Å²) in [5.74, 6) is 1.03. The molecule has 38 heavy (non-hydrogen) atoms. The van der Waals surface area contributed by atoms with Crippen LogP contribution in [0.4, 0.5) is 5.69 Å². The van der Waals surface area contributed by atoms with E-state index in [2.05, 4.69) is 0 Å². The summed E-state index contributed by atoms with van der Waals surface area (Å²) < 4.78 is 23.5. The highest BCUT2D eigenvalue weighted by molar-refractivity contribution is 6.31. The molecule has 0 bridgehead atoms. The number of hydrogen-bond donors (Lipinski definition) is 0. The van der Waals surface area contributed by atoms with Crippen molar-refractivity contribution < 1.29 is 28.5 Å². The van der Waals surface area contributed by atoms with Gasteiger partial charge >= 0.3 is 0 Å². The summed E-state index contributed by atoms with van der Waals surface area (Å²) in [4.78, 5) is 31.9. The zero-order valence-electron chi connectivity index (χ0n) is 22.3. The van der Waals surface area contributed by atoms with E-state index in [0.29, 0.717) is 56.0 Å². The minimum atomic E-state index is -0.998. The largest absolute Gasteiger partial charge is 0.490 e. The monoisotopic (exact) mass is 545 g/mol. The Balaban J connectivity index is 1.45. The summed E-state index contributed by atoms with van der Waals surface area (Å²) in [6, 6.07) is 13.0. The molecule has 0 radical (unpaired) electrons. The van der Waals surface area contributed by atoms with E-state index >= 15 is 0 Å². The van der Waals surface area contributed by atoms with Crippen molar-refractivity contribution >= 4 is 29.1 Å². The third-order valence-electron chi connectivity index (χ3n) is 6.77. The first kappa shape index (κ1) is 28.0. The lowest BCUT2D eigenvalue weighted by Crippen LogP contribution is -2.59. The number of nitrogens with zero attached hydrogens (tertiary/aromatic N) is 3. The van der Waals surface area contributed by atoms with Gasteiger partial charge in [-0.1, -0.05) is 17.7 Å². The van der Waals surface area contributed by atoms with Gasteiger partial charge in [0.25, 0.3) is 5.91 Å². The molecule has 0 aliphatic carbocycles. The second kappa shape index (κ2) is 12.7. The average Bonchev–Trinajstić information content (AvgIpc) is 2.93. The smallest absolute Gasteiger partial charge is 0.260 e. The van der Waals surface area contributed by atoms with E-state index in [-0.39, 0.29) is 38.0 Å². The molecule has 0 unspecified atom stereocenters. The van der Waals surface area contributed by atoms with Gasteiger partial charge < -0.3 is 33.6 Å². The minimum absolute atomic E-state index is 0.0461. The zero-order valence-corrected chi connectivity index (χ0v) is 23.0. The van der Waals surface area contributed by atoms with Gasteiger partial charge in [0.15, 0.2) is 6.61 Å². The Hall–Kier alpha value is -3.01. The number of aryl methyl sites for hydroxylation is 1. The number of anilines is 1. The van der Waals surface area contributed by atoms with E-state index in [9.17, 15) is 9.59 Å².